The number of fused-ring (bicyclic) bond motifs is 3. The first kappa shape index (κ1) is 18.9. The molecule has 1 aliphatic carbocycles. The van der Waals surface area contributed by atoms with E-state index in [2.05, 4.69) is 27.4 Å². The molecule has 5 atom stereocenters. The minimum Gasteiger partial charge on any atom is -0.454 e. The number of esters is 2. The molecule has 4 aliphatic rings. The lowest BCUT2D eigenvalue weighted by Crippen LogP contribution is -2.42. The summed E-state index contributed by atoms with van der Waals surface area (Å²) in [4.78, 5) is 23.9. The fourth-order valence-electron chi connectivity index (χ4n) is 4.56. The Morgan fingerprint density at radius 3 is 2.41 bits per heavy atom. The van der Waals surface area contributed by atoms with Crippen LogP contribution in [0.1, 0.15) is 53.4 Å². The Morgan fingerprint density at radius 2 is 1.81 bits per heavy atom. The zero-order chi connectivity index (χ0) is 19.6. The Hall–Kier alpha value is -1.44. The molecular weight excluding hydrogens is 352 g/mol. The normalized spacial score (nSPS) is 43.3. The molecule has 4 fully saturated rings. The van der Waals surface area contributed by atoms with Crippen LogP contribution in [0, 0.1) is 11.3 Å². The van der Waals surface area contributed by atoms with E-state index in [0.717, 1.165) is 25.7 Å². The van der Waals surface area contributed by atoms with Crippen molar-refractivity contribution >= 4 is 11.9 Å². The van der Waals surface area contributed by atoms with Crippen molar-refractivity contribution in [2.75, 3.05) is 0 Å². The van der Waals surface area contributed by atoms with Crippen molar-refractivity contribution in [3.63, 3.8) is 0 Å². The van der Waals surface area contributed by atoms with E-state index in [1.165, 1.54) is 6.92 Å². The van der Waals surface area contributed by atoms with Crippen LogP contribution in [0.2, 0.25) is 0 Å². The summed E-state index contributed by atoms with van der Waals surface area (Å²) in [5.74, 6) is -1.29. The van der Waals surface area contributed by atoms with E-state index in [0.29, 0.717) is 5.92 Å². The second kappa shape index (κ2) is 6.29. The Kier molecular flexibility index (Phi) is 4.40. The third-order valence-corrected chi connectivity index (χ3v) is 6.23. The van der Waals surface area contributed by atoms with E-state index < -0.39 is 48.4 Å². The smallest absolute Gasteiger partial charge is 0.350 e. The monoisotopic (exact) mass is 380 g/mol. The molecule has 0 radical (unpaired) electrons. The zero-order valence-electron chi connectivity index (χ0n) is 16.4. The molecule has 150 valence electrons. The Balaban J connectivity index is 1.41. The Labute approximate surface area is 159 Å². The number of hydrogen-bond donors (Lipinski definition) is 0. The molecule has 27 heavy (non-hydrogen) atoms. The molecule has 7 heteroatoms. The summed E-state index contributed by atoms with van der Waals surface area (Å²) in [7, 11) is 0. The minimum absolute atomic E-state index is 0.214. The van der Waals surface area contributed by atoms with Gasteiger partial charge in [-0.2, -0.15) is 0 Å². The van der Waals surface area contributed by atoms with Crippen molar-refractivity contribution in [2.45, 2.75) is 89.9 Å². The summed E-state index contributed by atoms with van der Waals surface area (Å²) in [5.41, 5.74) is 0.477. The van der Waals surface area contributed by atoms with Gasteiger partial charge in [-0.25, -0.2) is 9.59 Å². The number of rotatable bonds is 2. The molecule has 0 N–H and O–H groups in total. The number of hydrogen-bond acceptors (Lipinski definition) is 7. The molecular formula is C20H28O7. The van der Waals surface area contributed by atoms with Gasteiger partial charge in [-0.3, -0.25) is 0 Å². The Bertz CT molecular complexity index is 656. The van der Waals surface area contributed by atoms with Crippen molar-refractivity contribution in [1.29, 1.82) is 0 Å². The number of ether oxygens (including phenoxy) is 5. The molecule has 0 bridgehead atoms. The SMILES string of the molecule is C=C(C)C(=O)O[C@@H]1C(=O)O[C@@H]2[C@H]3OC4(CCC(C(C)(C)C)CC4)O[C@H]3O[C@@H]21. The molecule has 3 aliphatic heterocycles. The third kappa shape index (κ3) is 3.19. The molecule has 0 aromatic heterocycles. The lowest BCUT2D eigenvalue weighted by molar-refractivity contribution is -0.251. The highest BCUT2D eigenvalue weighted by atomic mass is 16.9. The molecule has 0 amide bonds. The van der Waals surface area contributed by atoms with Crippen LogP contribution in [0.3, 0.4) is 0 Å². The lowest BCUT2D eigenvalue weighted by Gasteiger charge is -2.41. The number of carbonyl (C=O) groups is 2. The van der Waals surface area contributed by atoms with E-state index in [9.17, 15) is 9.59 Å². The number of carbonyl (C=O) groups excluding carboxylic acids is 2. The van der Waals surface area contributed by atoms with Crippen LogP contribution >= 0.6 is 0 Å². The van der Waals surface area contributed by atoms with Gasteiger partial charge < -0.3 is 23.7 Å². The summed E-state index contributed by atoms with van der Waals surface area (Å²) in [6.45, 7) is 11.8. The van der Waals surface area contributed by atoms with Gasteiger partial charge in [0.15, 0.2) is 24.3 Å². The topological polar surface area (TPSA) is 80.3 Å². The summed E-state index contributed by atoms with van der Waals surface area (Å²) < 4.78 is 28.9. The van der Waals surface area contributed by atoms with E-state index in [-0.39, 0.29) is 11.0 Å². The first-order valence-electron chi connectivity index (χ1n) is 9.68. The van der Waals surface area contributed by atoms with Crippen LogP contribution in [-0.4, -0.2) is 48.4 Å². The van der Waals surface area contributed by atoms with E-state index in [4.69, 9.17) is 23.7 Å². The molecule has 0 unspecified atom stereocenters. The average molecular weight is 380 g/mol. The highest BCUT2D eigenvalue weighted by Gasteiger charge is 2.66. The van der Waals surface area contributed by atoms with Gasteiger partial charge in [0.2, 0.25) is 6.10 Å². The maximum absolute atomic E-state index is 12.2. The molecule has 4 rings (SSSR count). The molecule has 3 heterocycles. The van der Waals surface area contributed by atoms with Gasteiger partial charge in [0.05, 0.1) is 0 Å². The van der Waals surface area contributed by atoms with Gasteiger partial charge in [-0.1, -0.05) is 27.4 Å². The van der Waals surface area contributed by atoms with Crippen molar-refractivity contribution in [1.82, 2.24) is 0 Å². The van der Waals surface area contributed by atoms with Crippen molar-refractivity contribution in [2.24, 2.45) is 11.3 Å². The molecule has 0 aromatic carbocycles. The van der Waals surface area contributed by atoms with Crippen molar-refractivity contribution in [3.05, 3.63) is 12.2 Å². The summed E-state index contributed by atoms with van der Waals surface area (Å²) in [6.07, 6.45) is 0.110. The van der Waals surface area contributed by atoms with Crippen LogP contribution in [0.4, 0.5) is 0 Å². The summed E-state index contributed by atoms with van der Waals surface area (Å²) in [6, 6.07) is 0. The minimum atomic E-state index is -1.11. The molecule has 3 saturated heterocycles. The fraction of sp³-hybridized carbons (Fsp3) is 0.800. The van der Waals surface area contributed by atoms with Gasteiger partial charge in [0, 0.05) is 18.4 Å². The maximum atomic E-state index is 12.2. The van der Waals surface area contributed by atoms with E-state index in [1.807, 2.05) is 0 Å². The van der Waals surface area contributed by atoms with Gasteiger partial charge in [-0.15, -0.1) is 0 Å². The quantitative estimate of drug-likeness (QED) is 0.538. The van der Waals surface area contributed by atoms with Crippen LogP contribution < -0.4 is 0 Å². The second-order valence-corrected chi connectivity index (χ2v) is 9.23. The van der Waals surface area contributed by atoms with Gasteiger partial charge in [0.1, 0.15) is 6.10 Å². The highest BCUT2D eigenvalue weighted by molar-refractivity contribution is 5.90. The first-order chi connectivity index (χ1) is 12.6. The van der Waals surface area contributed by atoms with Crippen molar-refractivity contribution < 1.29 is 33.3 Å². The molecule has 1 saturated carbocycles. The summed E-state index contributed by atoms with van der Waals surface area (Å²) in [5, 5.41) is 0. The largest absolute Gasteiger partial charge is 0.454 e. The molecule has 0 aromatic rings. The average Bonchev–Trinajstić information content (AvgIpc) is 3.16. The van der Waals surface area contributed by atoms with Crippen LogP contribution in [0.5, 0.6) is 0 Å². The highest BCUT2D eigenvalue weighted by Crippen LogP contribution is 2.51. The predicted molar refractivity (Wildman–Crippen MR) is 93.3 cm³/mol. The predicted octanol–water partition coefficient (Wildman–Crippen LogP) is 2.47. The third-order valence-electron chi connectivity index (χ3n) is 6.23. The van der Waals surface area contributed by atoms with Gasteiger partial charge >= 0.3 is 11.9 Å². The van der Waals surface area contributed by atoms with Crippen LogP contribution in [0.15, 0.2) is 12.2 Å². The molecule has 7 nitrogen and oxygen atoms in total. The molecule has 1 spiro atoms. The zero-order valence-corrected chi connectivity index (χ0v) is 16.4. The second-order valence-electron chi connectivity index (χ2n) is 9.23. The van der Waals surface area contributed by atoms with E-state index in [1.54, 1.807) is 0 Å². The fourth-order valence-corrected chi connectivity index (χ4v) is 4.56. The van der Waals surface area contributed by atoms with Gasteiger partial charge in [-0.05, 0) is 31.1 Å². The van der Waals surface area contributed by atoms with Gasteiger partial charge in [0.25, 0.3) is 0 Å². The van der Waals surface area contributed by atoms with Crippen LogP contribution in [-0.2, 0) is 33.3 Å². The van der Waals surface area contributed by atoms with Crippen molar-refractivity contribution in [3.8, 4) is 0 Å². The van der Waals surface area contributed by atoms with Crippen LogP contribution in [0.25, 0.3) is 0 Å². The standard InChI is InChI=1S/C20H28O7/c1-10(2)16(21)24-14-12-13(23-17(14)22)15-18(25-12)27-20(26-15)8-6-11(7-9-20)19(3,4)5/h11-15,18H,1,6-9H2,2-5H3/t11?,12-,13-,14-,15+,18+,20?/m0/s1. The first-order valence-corrected chi connectivity index (χ1v) is 9.68. The maximum Gasteiger partial charge on any atom is 0.350 e. The van der Waals surface area contributed by atoms with E-state index >= 15 is 0 Å². The lowest BCUT2D eigenvalue weighted by atomic mass is 9.71. The summed E-state index contributed by atoms with van der Waals surface area (Å²) >= 11 is 0. The Morgan fingerprint density at radius 1 is 1.15 bits per heavy atom.